The largest absolute Gasteiger partial charge is 0.349 e. The van der Waals surface area contributed by atoms with Gasteiger partial charge >= 0.3 is 0 Å². The van der Waals surface area contributed by atoms with Crippen molar-refractivity contribution in [1.82, 2.24) is 24.4 Å². The first-order chi connectivity index (χ1) is 12.2. The summed E-state index contributed by atoms with van der Waals surface area (Å²) in [6, 6.07) is 10.3. The summed E-state index contributed by atoms with van der Waals surface area (Å²) in [6.07, 6.45) is 4.81. The first-order valence-electron chi connectivity index (χ1n) is 8.41. The first kappa shape index (κ1) is 15.6. The van der Waals surface area contributed by atoms with E-state index in [1.165, 1.54) is 5.56 Å². The summed E-state index contributed by atoms with van der Waals surface area (Å²) in [7, 11) is 1.91. The number of aryl methyl sites for hydroxylation is 1. The summed E-state index contributed by atoms with van der Waals surface area (Å²) in [4.78, 5) is 27.1. The minimum absolute atomic E-state index is 0.0319. The molecule has 0 saturated carbocycles. The normalized spacial score (nSPS) is 17.4. The predicted octanol–water partition coefficient (Wildman–Crippen LogP) is 1.62. The highest BCUT2D eigenvalue weighted by atomic mass is 16.2. The fourth-order valence-electron chi connectivity index (χ4n) is 3.16. The number of fused-ring (bicyclic) bond motifs is 1. The highest BCUT2D eigenvalue weighted by molar-refractivity contribution is 5.80. The van der Waals surface area contributed by atoms with Crippen LogP contribution in [0.25, 0.3) is 11.2 Å². The van der Waals surface area contributed by atoms with Crippen molar-refractivity contribution in [2.24, 2.45) is 7.05 Å². The van der Waals surface area contributed by atoms with Crippen molar-refractivity contribution in [2.45, 2.75) is 18.9 Å². The second-order valence-corrected chi connectivity index (χ2v) is 6.38. The molecule has 1 aliphatic heterocycles. The summed E-state index contributed by atoms with van der Waals surface area (Å²) in [6.45, 7) is 1.41. The predicted molar refractivity (Wildman–Crippen MR) is 95.1 cm³/mol. The Labute approximate surface area is 145 Å². The molecular weight excluding hydrogens is 316 g/mol. The monoisotopic (exact) mass is 336 g/mol. The maximum Gasteiger partial charge on any atom is 0.225 e. The Bertz CT molecular complexity index is 891. The number of likely N-dealkylation sites (tertiary alicyclic amines) is 1. The summed E-state index contributed by atoms with van der Waals surface area (Å²) in [5.41, 5.74) is 2.79. The van der Waals surface area contributed by atoms with Crippen LogP contribution >= 0.6 is 0 Å². The molecule has 0 radical (unpaired) electrons. The van der Waals surface area contributed by atoms with Crippen molar-refractivity contribution in [1.29, 1.82) is 0 Å². The molecule has 1 aliphatic rings. The third-order valence-corrected chi connectivity index (χ3v) is 4.54. The first-order valence-corrected chi connectivity index (χ1v) is 8.41. The van der Waals surface area contributed by atoms with Gasteiger partial charge in [-0.15, -0.1) is 0 Å². The molecule has 0 aliphatic carbocycles. The van der Waals surface area contributed by atoms with E-state index in [1.54, 1.807) is 12.5 Å². The van der Waals surface area contributed by atoms with E-state index >= 15 is 0 Å². The van der Waals surface area contributed by atoms with Crippen LogP contribution in [0.3, 0.4) is 0 Å². The van der Waals surface area contributed by atoms with E-state index in [-0.39, 0.29) is 11.9 Å². The molecule has 1 amide bonds. The molecule has 3 heterocycles. The van der Waals surface area contributed by atoms with Gasteiger partial charge in [0, 0.05) is 26.6 Å². The number of hydrogen-bond donors (Lipinski definition) is 1. The topological polar surface area (TPSA) is 75.9 Å². The zero-order valence-corrected chi connectivity index (χ0v) is 14.1. The zero-order chi connectivity index (χ0) is 17.2. The SMILES string of the molecule is Cn1cnc2nc(NC3CC(=O)N(CCc4ccccc4)C3)ncc21. The zero-order valence-electron chi connectivity index (χ0n) is 14.1. The molecule has 0 bridgehead atoms. The third-order valence-electron chi connectivity index (χ3n) is 4.54. The Balaban J connectivity index is 1.37. The minimum Gasteiger partial charge on any atom is -0.349 e. The summed E-state index contributed by atoms with van der Waals surface area (Å²) in [5, 5.41) is 3.27. The lowest BCUT2D eigenvalue weighted by molar-refractivity contribution is -0.127. The standard InChI is InChI=1S/C18H20N6O/c1-23-12-20-17-15(23)10-19-18(22-17)21-14-9-16(25)24(11-14)8-7-13-5-3-2-4-6-13/h2-6,10,12,14H,7-9,11H2,1H3,(H,19,21,22). The van der Waals surface area contributed by atoms with Crippen molar-refractivity contribution < 1.29 is 4.79 Å². The number of anilines is 1. The molecule has 3 aromatic rings. The van der Waals surface area contributed by atoms with Crippen LogP contribution in [0.15, 0.2) is 42.9 Å². The molecule has 0 spiro atoms. The van der Waals surface area contributed by atoms with Crippen LogP contribution in [-0.4, -0.2) is 49.5 Å². The molecule has 1 saturated heterocycles. The number of carbonyl (C=O) groups is 1. The smallest absolute Gasteiger partial charge is 0.225 e. The van der Waals surface area contributed by atoms with Gasteiger partial charge in [0.1, 0.15) is 5.52 Å². The van der Waals surface area contributed by atoms with Gasteiger partial charge in [0.15, 0.2) is 5.65 Å². The molecule has 1 fully saturated rings. The van der Waals surface area contributed by atoms with Gasteiger partial charge in [-0.3, -0.25) is 4.79 Å². The number of nitrogens with one attached hydrogen (secondary N) is 1. The van der Waals surface area contributed by atoms with Crippen molar-refractivity contribution >= 4 is 23.0 Å². The van der Waals surface area contributed by atoms with Crippen molar-refractivity contribution in [2.75, 3.05) is 18.4 Å². The number of carbonyl (C=O) groups excluding carboxylic acids is 1. The quantitative estimate of drug-likeness (QED) is 0.766. The Hall–Kier alpha value is -2.96. The van der Waals surface area contributed by atoms with Crippen LogP contribution in [0.1, 0.15) is 12.0 Å². The highest BCUT2D eigenvalue weighted by Gasteiger charge is 2.29. The van der Waals surface area contributed by atoms with Crippen molar-refractivity contribution in [3.63, 3.8) is 0 Å². The van der Waals surface area contributed by atoms with Gasteiger partial charge in [-0.25, -0.2) is 9.97 Å². The Morgan fingerprint density at radius 3 is 2.92 bits per heavy atom. The minimum atomic E-state index is 0.0319. The molecular formula is C18H20N6O. The van der Waals surface area contributed by atoms with E-state index in [1.807, 2.05) is 34.7 Å². The van der Waals surface area contributed by atoms with Gasteiger partial charge in [0.05, 0.1) is 18.6 Å². The molecule has 25 heavy (non-hydrogen) atoms. The maximum atomic E-state index is 12.2. The lowest BCUT2D eigenvalue weighted by Crippen LogP contribution is -2.30. The summed E-state index contributed by atoms with van der Waals surface area (Å²) < 4.78 is 1.88. The van der Waals surface area contributed by atoms with E-state index in [0.717, 1.165) is 18.5 Å². The van der Waals surface area contributed by atoms with Crippen LogP contribution in [0.4, 0.5) is 5.95 Å². The van der Waals surface area contributed by atoms with E-state index in [9.17, 15) is 4.79 Å². The van der Waals surface area contributed by atoms with E-state index in [2.05, 4.69) is 32.4 Å². The lowest BCUT2D eigenvalue weighted by atomic mass is 10.1. The molecule has 1 unspecified atom stereocenters. The molecule has 7 heteroatoms. The van der Waals surface area contributed by atoms with Crippen LogP contribution in [0.2, 0.25) is 0 Å². The fraction of sp³-hybridized carbons (Fsp3) is 0.333. The Morgan fingerprint density at radius 2 is 2.08 bits per heavy atom. The van der Waals surface area contributed by atoms with E-state index in [4.69, 9.17) is 0 Å². The third kappa shape index (κ3) is 3.31. The van der Waals surface area contributed by atoms with Crippen LogP contribution in [0, 0.1) is 0 Å². The number of rotatable bonds is 5. The maximum absolute atomic E-state index is 12.2. The average Bonchev–Trinajstić information content (AvgIpc) is 3.16. The van der Waals surface area contributed by atoms with E-state index in [0.29, 0.717) is 24.6 Å². The summed E-state index contributed by atoms with van der Waals surface area (Å²) >= 11 is 0. The number of imidazole rings is 1. The molecule has 4 rings (SSSR count). The molecule has 1 N–H and O–H groups in total. The van der Waals surface area contributed by atoms with Gasteiger partial charge in [-0.05, 0) is 12.0 Å². The second kappa shape index (κ2) is 6.51. The van der Waals surface area contributed by atoms with Gasteiger partial charge in [-0.1, -0.05) is 30.3 Å². The molecule has 7 nitrogen and oxygen atoms in total. The number of hydrogen-bond acceptors (Lipinski definition) is 5. The lowest BCUT2D eigenvalue weighted by Gasteiger charge is -2.17. The molecule has 1 atom stereocenters. The number of aromatic nitrogens is 4. The highest BCUT2D eigenvalue weighted by Crippen LogP contribution is 2.17. The number of nitrogens with zero attached hydrogens (tertiary/aromatic N) is 5. The van der Waals surface area contributed by atoms with E-state index < -0.39 is 0 Å². The van der Waals surface area contributed by atoms with Crippen molar-refractivity contribution in [3.05, 3.63) is 48.4 Å². The fourth-order valence-corrected chi connectivity index (χ4v) is 3.16. The molecule has 2 aromatic heterocycles. The molecule has 1 aromatic carbocycles. The summed E-state index contributed by atoms with van der Waals surface area (Å²) in [5.74, 6) is 0.696. The average molecular weight is 336 g/mol. The van der Waals surface area contributed by atoms with Crippen LogP contribution in [-0.2, 0) is 18.3 Å². The second-order valence-electron chi connectivity index (χ2n) is 6.38. The Morgan fingerprint density at radius 1 is 1.24 bits per heavy atom. The van der Waals surface area contributed by atoms with Crippen LogP contribution in [0.5, 0.6) is 0 Å². The number of benzene rings is 1. The van der Waals surface area contributed by atoms with Gasteiger partial charge in [-0.2, -0.15) is 4.98 Å². The van der Waals surface area contributed by atoms with Gasteiger partial charge in [0.25, 0.3) is 0 Å². The van der Waals surface area contributed by atoms with Crippen LogP contribution < -0.4 is 5.32 Å². The van der Waals surface area contributed by atoms with Gasteiger partial charge in [0.2, 0.25) is 11.9 Å². The molecule has 128 valence electrons. The Kier molecular flexibility index (Phi) is 4.05. The van der Waals surface area contributed by atoms with Gasteiger partial charge < -0.3 is 14.8 Å². The number of amides is 1. The van der Waals surface area contributed by atoms with Crippen molar-refractivity contribution in [3.8, 4) is 0 Å².